The molecule has 0 N–H and O–H groups in total. The maximum atomic E-state index is 12.7. The number of carbonyl (C=O) groups excluding carboxylic acids is 2. The Morgan fingerprint density at radius 3 is 2.75 bits per heavy atom. The van der Waals surface area contributed by atoms with Crippen LogP contribution in [0.4, 0.5) is 0 Å². The van der Waals surface area contributed by atoms with Gasteiger partial charge in [-0.15, -0.1) is 0 Å². The van der Waals surface area contributed by atoms with E-state index >= 15 is 0 Å². The number of nitrogens with zero attached hydrogens (tertiary/aromatic N) is 3. The molecule has 3 heterocycles. The summed E-state index contributed by atoms with van der Waals surface area (Å²) in [6.45, 7) is 5.18. The Hall–Kier alpha value is -2.16. The Bertz CT molecular complexity index is 976. The topological polar surface area (TPSA) is 54.8 Å². The predicted octanol–water partition coefficient (Wildman–Crippen LogP) is 2.72. The molecule has 1 aromatic heterocycles. The van der Waals surface area contributed by atoms with Crippen molar-refractivity contribution in [3.63, 3.8) is 0 Å². The third-order valence-electron chi connectivity index (χ3n) is 4.97. The fourth-order valence-electron chi connectivity index (χ4n) is 3.49. The first kappa shape index (κ1) is 19.2. The van der Waals surface area contributed by atoms with E-state index in [9.17, 15) is 9.59 Å². The number of fused-ring (bicyclic) bond motifs is 1. The van der Waals surface area contributed by atoms with E-state index in [-0.39, 0.29) is 18.4 Å². The number of hydrogen-bond acceptors (Lipinski definition) is 5. The maximum absolute atomic E-state index is 12.7. The highest BCUT2D eigenvalue weighted by atomic mass is 32.2. The van der Waals surface area contributed by atoms with E-state index in [1.54, 1.807) is 4.90 Å². The highest BCUT2D eigenvalue weighted by Gasteiger charge is 2.31. The number of thioether (sulfide) groups is 1. The van der Waals surface area contributed by atoms with Crippen molar-refractivity contribution in [1.82, 2.24) is 14.4 Å². The van der Waals surface area contributed by atoms with Gasteiger partial charge in [-0.3, -0.25) is 14.5 Å². The Kier molecular flexibility index (Phi) is 5.52. The van der Waals surface area contributed by atoms with Crippen LogP contribution in [0.5, 0.6) is 0 Å². The van der Waals surface area contributed by atoms with Crippen molar-refractivity contribution in [2.75, 3.05) is 32.8 Å². The standard InChI is InChI=1S/C20H21N3O3S2/c1-2-23-19(25)17(28-20(23)27)11-14-12-22(16-6-4-3-5-15(14)16)13-18(24)21-7-9-26-10-8-21/h3-6,11-12H,2,7-10,13H2,1H3/b17-11-. The molecule has 0 atom stereocenters. The minimum absolute atomic E-state index is 0.0567. The van der Waals surface area contributed by atoms with Gasteiger partial charge in [-0.25, -0.2) is 0 Å². The van der Waals surface area contributed by atoms with Crippen LogP contribution in [-0.2, 0) is 20.9 Å². The van der Waals surface area contributed by atoms with Crippen molar-refractivity contribution >= 4 is 57.1 Å². The number of rotatable bonds is 4. The van der Waals surface area contributed by atoms with Gasteiger partial charge < -0.3 is 14.2 Å². The van der Waals surface area contributed by atoms with E-state index in [0.29, 0.717) is 42.1 Å². The molecule has 2 amide bonds. The normalized spacial score (nSPS) is 19.2. The third kappa shape index (κ3) is 3.59. The first-order chi connectivity index (χ1) is 13.6. The lowest BCUT2D eigenvalue weighted by molar-refractivity contribution is -0.135. The van der Waals surface area contributed by atoms with Crippen molar-refractivity contribution < 1.29 is 14.3 Å². The first-order valence-corrected chi connectivity index (χ1v) is 10.5. The van der Waals surface area contributed by atoms with E-state index in [1.165, 1.54) is 11.8 Å². The second kappa shape index (κ2) is 8.06. The number of para-hydroxylation sites is 1. The molecule has 0 spiro atoms. The van der Waals surface area contributed by atoms with Gasteiger partial charge in [0.05, 0.1) is 18.1 Å². The summed E-state index contributed by atoms with van der Waals surface area (Å²) in [5.74, 6) is 0.0200. The summed E-state index contributed by atoms with van der Waals surface area (Å²) in [5.41, 5.74) is 1.89. The van der Waals surface area contributed by atoms with Gasteiger partial charge in [-0.2, -0.15) is 0 Å². The number of aromatic nitrogens is 1. The Morgan fingerprint density at radius 2 is 2.04 bits per heavy atom. The average molecular weight is 416 g/mol. The van der Waals surface area contributed by atoms with Gasteiger partial charge in [0.15, 0.2) is 0 Å². The zero-order chi connectivity index (χ0) is 19.7. The fraction of sp³-hybridized carbons (Fsp3) is 0.350. The van der Waals surface area contributed by atoms with Crippen LogP contribution in [0.25, 0.3) is 17.0 Å². The molecule has 6 nitrogen and oxygen atoms in total. The summed E-state index contributed by atoms with van der Waals surface area (Å²) >= 11 is 6.63. The summed E-state index contributed by atoms with van der Waals surface area (Å²) in [7, 11) is 0. The summed E-state index contributed by atoms with van der Waals surface area (Å²) in [6, 6.07) is 7.93. The Labute approximate surface area is 173 Å². The zero-order valence-electron chi connectivity index (χ0n) is 15.6. The molecule has 2 aromatic rings. The molecule has 2 fully saturated rings. The van der Waals surface area contributed by atoms with Gasteiger partial charge >= 0.3 is 0 Å². The monoisotopic (exact) mass is 415 g/mol. The number of hydrogen-bond donors (Lipinski definition) is 0. The molecule has 4 rings (SSSR count). The second-order valence-electron chi connectivity index (χ2n) is 6.65. The summed E-state index contributed by atoms with van der Waals surface area (Å²) in [6.07, 6.45) is 3.83. The third-order valence-corrected chi connectivity index (χ3v) is 6.34. The molecule has 2 saturated heterocycles. The van der Waals surface area contributed by atoms with Gasteiger partial charge in [0, 0.05) is 42.3 Å². The number of morpholine rings is 1. The second-order valence-corrected chi connectivity index (χ2v) is 8.32. The van der Waals surface area contributed by atoms with Crippen LogP contribution in [0.15, 0.2) is 35.4 Å². The van der Waals surface area contributed by atoms with E-state index in [0.717, 1.165) is 16.5 Å². The van der Waals surface area contributed by atoms with Gasteiger partial charge in [-0.1, -0.05) is 42.2 Å². The smallest absolute Gasteiger partial charge is 0.266 e. The van der Waals surface area contributed by atoms with Crippen molar-refractivity contribution in [2.24, 2.45) is 0 Å². The average Bonchev–Trinajstić information content (AvgIpc) is 3.19. The largest absolute Gasteiger partial charge is 0.378 e. The number of thiocarbonyl (C=S) groups is 1. The number of benzene rings is 1. The number of amides is 2. The summed E-state index contributed by atoms with van der Waals surface area (Å²) in [4.78, 5) is 29.3. The molecule has 146 valence electrons. The van der Waals surface area contributed by atoms with E-state index < -0.39 is 0 Å². The molecule has 0 saturated carbocycles. The lowest BCUT2D eigenvalue weighted by atomic mass is 10.1. The molecule has 2 aliphatic rings. The van der Waals surface area contributed by atoms with Crippen LogP contribution in [-0.4, -0.2) is 63.3 Å². The molecule has 0 unspecified atom stereocenters. The Balaban J connectivity index is 1.65. The molecule has 8 heteroatoms. The Morgan fingerprint density at radius 1 is 1.29 bits per heavy atom. The summed E-state index contributed by atoms with van der Waals surface area (Å²) < 4.78 is 7.87. The highest BCUT2D eigenvalue weighted by Crippen LogP contribution is 2.34. The number of likely N-dealkylation sites (N-methyl/N-ethyl adjacent to an activating group) is 1. The van der Waals surface area contributed by atoms with Crippen LogP contribution in [0.3, 0.4) is 0 Å². The zero-order valence-corrected chi connectivity index (χ0v) is 17.2. The lowest BCUT2D eigenvalue weighted by Gasteiger charge is -2.27. The van der Waals surface area contributed by atoms with Crippen LogP contribution >= 0.6 is 24.0 Å². The van der Waals surface area contributed by atoms with E-state index in [4.69, 9.17) is 17.0 Å². The van der Waals surface area contributed by atoms with Crippen molar-refractivity contribution in [3.05, 3.63) is 40.9 Å². The van der Waals surface area contributed by atoms with Crippen LogP contribution < -0.4 is 0 Å². The molecular formula is C20H21N3O3S2. The van der Waals surface area contributed by atoms with Gasteiger partial charge in [0.1, 0.15) is 10.9 Å². The van der Waals surface area contributed by atoms with Crippen LogP contribution in [0.2, 0.25) is 0 Å². The van der Waals surface area contributed by atoms with E-state index in [2.05, 4.69) is 0 Å². The quantitative estimate of drug-likeness (QED) is 0.568. The van der Waals surface area contributed by atoms with Gasteiger partial charge in [0.2, 0.25) is 5.91 Å². The lowest BCUT2D eigenvalue weighted by Crippen LogP contribution is -2.42. The summed E-state index contributed by atoms with van der Waals surface area (Å²) in [5, 5.41) is 1.01. The maximum Gasteiger partial charge on any atom is 0.266 e. The van der Waals surface area contributed by atoms with Crippen LogP contribution in [0, 0.1) is 0 Å². The van der Waals surface area contributed by atoms with Gasteiger partial charge in [-0.05, 0) is 19.1 Å². The van der Waals surface area contributed by atoms with Crippen LogP contribution in [0.1, 0.15) is 12.5 Å². The van der Waals surface area contributed by atoms with Crippen molar-refractivity contribution in [1.29, 1.82) is 0 Å². The molecule has 0 radical (unpaired) electrons. The minimum atomic E-state index is -0.0567. The minimum Gasteiger partial charge on any atom is -0.378 e. The molecule has 2 aliphatic heterocycles. The molecule has 1 aromatic carbocycles. The molecule has 28 heavy (non-hydrogen) atoms. The number of ether oxygens (including phenoxy) is 1. The number of carbonyl (C=O) groups is 2. The molecule has 0 bridgehead atoms. The van der Waals surface area contributed by atoms with Crippen molar-refractivity contribution in [3.8, 4) is 0 Å². The fourth-order valence-corrected chi connectivity index (χ4v) is 4.87. The first-order valence-electron chi connectivity index (χ1n) is 9.27. The highest BCUT2D eigenvalue weighted by molar-refractivity contribution is 8.26. The predicted molar refractivity (Wildman–Crippen MR) is 115 cm³/mol. The SMILES string of the molecule is CCN1C(=O)/C(=C/c2cn(CC(=O)N3CCOCC3)c3ccccc23)SC1=S. The molecular weight excluding hydrogens is 394 g/mol. The molecule has 0 aliphatic carbocycles. The van der Waals surface area contributed by atoms with Crippen molar-refractivity contribution in [2.45, 2.75) is 13.5 Å². The van der Waals surface area contributed by atoms with Gasteiger partial charge in [0.25, 0.3) is 5.91 Å². The van der Waals surface area contributed by atoms with E-state index in [1.807, 2.05) is 52.9 Å².